The lowest BCUT2D eigenvalue weighted by Gasteiger charge is -2.07. The maximum absolute atomic E-state index is 13.6. The molecule has 0 aliphatic rings. The second-order valence-electron chi connectivity index (χ2n) is 4.80. The van der Waals surface area contributed by atoms with Crippen LogP contribution in [0.15, 0.2) is 47.0 Å². The van der Waals surface area contributed by atoms with Gasteiger partial charge in [0.15, 0.2) is 5.82 Å². The predicted octanol–water partition coefficient (Wildman–Crippen LogP) is 4.09. The molecule has 1 amide bonds. The number of nitrogens with zero attached hydrogens (tertiary/aromatic N) is 2. The molecule has 1 heterocycles. The summed E-state index contributed by atoms with van der Waals surface area (Å²) in [5.41, 5.74) is 1.08. The van der Waals surface area contributed by atoms with Crippen molar-refractivity contribution >= 4 is 23.2 Å². The first-order chi connectivity index (χ1) is 11.0. The van der Waals surface area contributed by atoms with Crippen LogP contribution in [0.4, 0.5) is 10.1 Å². The number of carbonyl (C=O) groups excluding carboxylic acids is 1. The minimum Gasteiger partial charge on any atom is -0.334 e. The van der Waals surface area contributed by atoms with E-state index in [1.54, 1.807) is 31.2 Å². The van der Waals surface area contributed by atoms with Crippen molar-refractivity contribution in [3.05, 3.63) is 64.7 Å². The minimum atomic E-state index is -0.555. The maximum Gasteiger partial charge on any atom is 0.257 e. The van der Waals surface area contributed by atoms with E-state index >= 15 is 0 Å². The first-order valence-corrected chi connectivity index (χ1v) is 7.08. The van der Waals surface area contributed by atoms with Gasteiger partial charge in [0, 0.05) is 16.1 Å². The molecule has 23 heavy (non-hydrogen) atoms. The number of rotatable bonds is 3. The molecule has 0 bridgehead atoms. The van der Waals surface area contributed by atoms with Crippen LogP contribution in [0.2, 0.25) is 5.02 Å². The number of hydrogen-bond donors (Lipinski definition) is 1. The molecule has 116 valence electrons. The van der Waals surface area contributed by atoms with Crippen LogP contribution < -0.4 is 5.32 Å². The fourth-order valence-corrected chi connectivity index (χ4v) is 2.14. The van der Waals surface area contributed by atoms with Crippen LogP contribution in [-0.4, -0.2) is 16.0 Å². The highest BCUT2D eigenvalue weighted by molar-refractivity contribution is 6.31. The number of hydrogen-bond acceptors (Lipinski definition) is 4. The van der Waals surface area contributed by atoms with Crippen LogP contribution in [0.5, 0.6) is 0 Å². The van der Waals surface area contributed by atoms with Gasteiger partial charge in [0.25, 0.3) is 11.8 Å². The molecular formula is C16H11ClFN3O2. The number of aromatic nitrogens is 2. The third kappa shape index (κ3) is 3.37. The first-order valence-electron chi connectivity index (χ1n) is 6.70. The molecule has 0 saturated carbocycles. The first kappa shape index (κ1) is 15.2. The van der Waals surface area contributed by atoms with Gasteiger partial charge in [-0.1, -0.05) is 16.8 Å². The van der Waals surface area contributed by atoms with Gasteiger partial charge < -0.3 is 9.84 Å². The molecule has 0 unspecified atom stereocenters. The quantitative estimate of drug-likeness (QED) is 0.785. The van der Waals surface area contributed by atoms with Crippen molar-refractivity contribution in [3.63, 3.8) is 0 Å². The van der Waals surface area contributed by atoms with E-state index in [1.807, 2.05) is 0 Å². The SMILES string of the molecule is Cc1noc(-c2ccc(C(=O)Nc3cc(Cl)ccc3F)cc2)n1. The summed E-state index contributed by atoms with van der Waals surface area (Å²) in [5, 5.41) is 6.52. The standard InChI is InChI=1S/C16H11ClFN3O2/c1-9-19-16(23-21-9)11-4-2-10(3-5-11)15(22)20-14-8-12(17)6-7-13(14)18/h2-8H,1H3,(H,20,22). The lowest BCUT2D eigenvalue weighted by atomic mass is 10.1. The van der Waals surface area contributed by atoms with Gasteiger partial charge in [0.2, 0.25) is 0 Å². The highest BCUT2D eigenvalue weighted by atomic mass is 35.5. The largest absolute Gasteiger partial charge is 0.334 e. The minimum absolute atomic E-state index is 0.0269. The van der Waals surface area contributed by atoms with Crippen LogP contribution in [0.3, 0.4) is 0 Å². The van der Waals surface area contributed by atoms with E-state index < -0.39 is 11.7 Å². The molecule has 0 saturated heterocycles. The number of amides is 1. The lowest BCUT2D eigenvalue weighted by molar-refractivity contribution is 0.102. The molecule has 3 aromatic rings. The van der Waals surface area contributed by atoms with Gasteiger partial charge >= 0.3 is 0 Å². The zero-order valence-corrected chi connectivity index (χ0v) is 12.8. The van der Waals surface area contributed by atoms with Crippen LogP contribution in [0, 0.1) is 12.7 Å². The number of benzene rings is 2. The third-order valence-corrected chi connectivity index (χ3v) is 3.33. The van der Waals surface area contributed by atoms with Gasteiger partial charge in [-0.05, 0) is 49.4 Å². The van der Waals surface area contributed by atoms with E-state index in [9.17, 15) is 9.18 Å². The topological polar surface area (TPSA) is 68.0 Å². The van der Waals surface area contributed by atoms with E-state index in [1.165, 1.54) is 18.2 Å². The molecule has 0 atom stereocenters. The summed E-state index contributed by atoms with van der Waals surface area (Å²) >= 11 is 5.80. The summed E-state index contributed by atoms with van der Waals surface area (Å²) in [6, 6.07) is 10.5. The number of halogens is 2. The summed E-state index contributed by atoms with van der Waals surface area (Å²) in [5.74, 6) is -0.103. The van der Waals surface area contributed by atoms with Crippen LogP contribution in [0.25, 0.3) is 11.5 Å². The molecule has 2 aromatic carbocycles. The van der Waals surface area contributed by atoms with Gasteiger partial charge in [-0.25, -0.2) is 4.39 Å². The third-order valence-electron chi connectivity index (χ3n) is 3.10. The van der Waals surface area contributed by atoms with Gasteiger partial charge in [0.05, 0.1) is 5.69 Å². The smallest absolute Gasteiger partial charge is 0.257 e. The lowest BCUT2D eigenvalue weighted by Crippen LogP contribution is -2.12. The Morgan fingerprint density at radius 1 is 1.22 bits per heavy atom. The molecular weight excluding hydrogens is 321 g/mol. The second kappa shape index (κ2) is 6.18. The van der Waals surface area contributed by atoms with Crippen LogP contribution in [-0.2, 0) is 0 Å². The number of carbonyl (C=O) groups is 1. The molecule has 0 fully saturated rings. The summed E-state index contributed by atoms with van der Waals surface area (Å²) in [7, 11) is 0. The zero-order chi connectivity index (χ0) is 16.4. The fraction of sp³-hybridized carbons (Fsp3) is 0.0625. The van der Waals surface area contributed by atoms with Gasteiger partial charge in [-0.3, -0.25) is 4.79 Å². The molecule has 0 aliphatic carbocycles. The Hall–Kier alpha value is -2.73. The molecule has 5 nitrogen and oxygen atoms in total. The van der Waals surface area contributed by atoms with E-state index in [-0.39, 0.29) is 5.69 Å². The van der Waals surface area contributed by atoms with Gasteiger partial charge in [-0.15, -0.1) is 0 Å². The maximum atomic E-state index is 13.6. The Balaban J connectivity index is 1.79. The predicted molar refractivity (Wildman–Crippen MR) is 83.8 cm³/mol. The van der Waals surface area contributed by atoms with Crippen molar-refractivity contribution in [1.29, 1.82) is 0 Å². The Morgan fingerprint density at radius 3 is 2.61 bits per heavy atom. The summed E-state index contributed by atoms with van der Waals surface area (Å²) in [6.07, 6.45) is 0. The average molecular weight is 332 g/mol. The molecule has 1 aromatic heterocycles. The molecule has 0 radical (unpaired) electrons. The Kier molecular flexibility index (Phi) is 4.08. The fourth-order valence-electron chi connectivity index (χ4n) is 1.97. The van der Waals surface area contributed by atoms with E-state index in [0.717, 1.165) is 0 Å². The molecule has 0 aliphatic heterocycles. The zero-order valence-electron chi connectivity index (χ0n) is 12.0. The van der Waals surface area contributed by atoms with E-state index in [2.05, 4.69) is 15.5 Å². The van der Waals surface area contributed by atoms with E-state index in [4.69, 9.17) is 16.1 Å². The normalized spacial score (nSPS) is 10.6. The number of aryl methyl sites for hydroxylation is 1. The van der Waals surface area contributed by atoms with Gasteiger partial charge in [-0.2, -0.15) is 4.98 Å². The van der Waals surface area contributed by atoms with Crippen molar-refractivity contribution < 1.29 is 13.7 Å². The molecule has 3 rings (SSSR count). The van der Waals surface area contributed by atoms with Crippen LogP contribution >= 0.6 is 11.6 Å². The molecule has 0 spiro atoms. The molecule has 7 heteroatoms. The monoisotopic (exact) mass is 331 g/mol. The molecule has 1 N–H and O–H groups in total. The van der Waals surface area contributed by atoms with Crippen molar-refractivity contribution in [1.82, 2.24) is 10.1 Å². The summed E-state index contributed by atoms with van der Waals surface area (Å²) in [4.78, 5) is 16.3. The Bertz CT molecular complexity index is 862. The average Bonchev–Trinajstić information content (AvgIpc) is 2.97. The van der Waals surface area contributed by atoms with Crippen molar-refractivity contribution in [2.45, 2.75) is 6.92 Å². The highest BCUT2D eigenvalue weighted by Gasteiger charge is 2.11. The van der Waals surface area contributed by atoms with Crippen molar-refractivity contribution in [2.75, 3.05) is 5.32 Å². The van der Waals surface area contributed by atoms with Crippen LogP contribution in [0.1, 0.15) is 16.2 Å². The Labute approximate surface area is 136 Å². The highest BCUT2D eigenvalue weighted by Crippen LogP contribution is 2.21. The number of anilines is 1. The summed E-state index contributed by atoms with van der Waals surface area (Å²) < 4.78 is 18.7. The van der Waals surface area contributed by atoms with Crippen molar-refractivity contribution in [3.8, 4) is 11.5 Å². The van der Waals surface area contributed by atoms with Crippen molar-refractivity contribution in [2.24, 2.45) is 0 Å². The summed E-state index contributed by atoms with van der Waals surface area (Å²) in [6.45, 7) is 1.72. The number of nitrogens with one attached hydrogen (secondary N) is 1. The van der Waals surface area contributed by atoms with Gasteiger partial charge in [0.1, 0.15) is 5.82 Å². The van der Waals surface area contributed by atoms with E-state index in [0.29, 0.717) is 27.9 Å². The second-order valence-corrected chi connectivity index (χ2v) is 5.24. The Morgan fingerprint density at radius 2 is 1.96 bits per heavy atom.